The highest BCUT2D eigenvalue weighted by atomic mass is 16.5. The zero-order chi connectivity index (χ0) is 19.2. The molecular weight excluding hydrogens is 346 g/mol. The van der Waals surface area contributed by atoms with E-state index in [9.17, 15) is 14.7 Å². The number of phenols is 1. The maximum atomic E-state index is 11.9. The number of ether oxygens (including phenoxy) is 1. The molecule has 3 aromatic carbocycles. The van der Waals surface area contributed by atoms with Crippen LogP contribution >= 0.6 is 0 Å². The number of hydrogen-bond donors (Lipinski definition) is 3. The zero-order valence-electron chi connectivity index (χ0n) is 14.5. The fraction of sp³-hybridized carbons (Fsp3) is 0.0500. The average molecular weight is 363 g/mol. The van der Waals surface area contributed by atoms with E-state index in [1.807, 2.05) is 24.3 Å². The van der Waals surface area contributed by atoms with Gasteiger partial charge in [-0.1, -0.05) is 30.3 Å². The second-order valence-corrected chi connectivity index (χ2v) is 5.60. The van der Waals surface area contributed by atoms with Crippen LogP contribution in [0.25, 0.3) is 10.8 Å². The summed E-state index contributed by atoms with van der Waals surface area (Å²) in [4.78, 5) is 23.8. The smallest absolute Gasteiger partial charge is 0.329 e. The van der Waals surface area contributed by atoms with Crippen molar-refractivity contribution in [2.75, 3.05) is 12.4 Å². The van der Waals surface area contributed by atoms with Crippen molar-refractivity contribution in [3.05, 3.63) is 66.2 Å². The first-order valence-corrected chi connectivity index (χ1v) is 8.07. The highest BCUT2D eigenvalue weighted by Gasteiger charge is 2.13. The van der Waals surface area contributed by atoms with Gasteiger partial charge in [0, 0.05) is 11.3 Å². The van der Waals surface area contributed by atoms with E-state index in [2.05, 4.69) is 15.8 Å². The number of hydrazone groups is 1. The molecule has 0 aliphatic carbocycles. The molecule has 0 saturated heterocycles. The molecular formula is C20H17N3O4. The highest BCUT2D eigenvalue weighted by Crippen LogP contribution is 2.25. The van der Waals surface area contributed by atoms with Crippen LogP contribution in [-0.2, 0) is 9.59 Å². The molecule has 0 unspecified atom stereocenters. The van der Waals surface area contributed by atoms with Crippen LogP contribution in [0.1, 0.15) is 5.56 Å². The van der Waals surface area contributed by atoms with Gasteiger partial charge < -0.3 is 15.2 Å². The van der Waals surface area contributed by atoms with E-state index < -0.39 is 11.8 Å². The molecule has 0 bridgehead atoms. The van der Waals surface area contributed by atoms with E-state index in [1.54, 1.807) is 36.4 Å². The number of amides is 2. The number of benzene rings is 3. The fourth-order valence-electron chi connectivity index (χ4n) is 2.49. The van der Waals surface area contributed by atoms with Crippen LogP contribution in [0, 0.1) is 0 Å². The molecule has 2 amide bonds. The summed E-state index contributed by atoms with van der Waals surface area (Å²) in [6.07, 6.45) is 1.30. The molecule has 136 valence electrons. The van der Waals surface area contributed by atoms with Crippen LogP contribution < -0.4 is 15.5 Å². The van der Waals surface area contributed by atoms with Crippen molar-refractivity contribution in [2.24, 2.45) is 5.10 Å². The van der Waals surface area contributed by atoms with E-state index in [0.717, 1.165) is 10.8 Å². The number of anilines is 1. The topological polar surface area (TPSA) is 100 Å². The lowest BCUT2D eigenvalue weighted by molar-refractivity contribution is -0.136. The number of phenolic OH excluding ortho intramolecular Hbond substituents is 1. The summed E-state index contributed by atoms with van der Waals surface area (Å²) < 4.78 is 5.03. The van der Waals surface area contributed by atoms with Crippen molar-refractivity contribution in [2.45, 2.75) is 0 Å². The summed E-state index contributed by atoms with van der Waals surface area (Å²) in [7, 11) is 1.53. The molecule has 7 nitrogen and oxygen atoms in total. The Morgan fingerprint density at radius 1 is 1.00 bits per heavy atom. The van der Waals surface area contributed by atoms with Crippen molar-refractivity contribution in [1.82, 2.24) is 5.43 Å². The number of carbonyl (C=O) groups is 2. The van der Waals surface area contributed by atoms with Crippen LogP contribution in [0.3, 0.4) is 0 Å². The average Bonchev–Trinajstić information content (AvgIpc) is 2.70. The first-order chi connectivity index (χ1) is 13.1. The first-order valence-electron chi connectivity index (χ1n) is 8.07. The number of nitrogens with zero attached hydrogens (tertiary/aromatic N) is 1. The largest absolute Gasteiger partial charge is 0.507 e. The third-order valence-electron chi connectivity index (χ3n) is 3.86. The van der Waals surface area contributed by atoms with Crippen LogP contribution in [0.2, 0.25) is 0 Å². The minimum Gasteiger partial charge on any atom is -0.507 e. The SMILES string of the molecule is COc1ccc(NC(=O)C(=O)N/N=C\c2c(O)ccc3ccccc23)cc1. The number of rotatable bonds is 4. The Labute approximate surface area is 155 Å². The van der Waals surface area contributed by atoms with Gasteiger partial charge in [-0.05, 0) is 41.1 Å². The van der Waals surface area contributed by atoms with Crippen LogP contribution in [0.5, 0.6) is 11.5 Å². The van der Waals surface area contributed by atoms with Gasteiger partial charge in [0.15, 0.2) is 0 Å². The van der Waals surface area contributed by atoms with E-state index in [0.29, 0.717) is 17.0 Å². The third-order valence-corrected chi connectivity index (χ3v) is 3.86. The van der Waals surface area contributed by atoms with Crippen molar-refractivity contribution in [3.8, 4) is 11.5 Å². The Morgan fingerprint density at radius 2 is 1.74 bits per heavy atom. The normalized spacial score (nSPS) is 10.7. The molecule has 0 aliphatic rings. The molecule has 27 heavy (non-hydrogen) atoms. The third kappa shape index (κ3) is 4.21. The Balaban J connectivity index is 1.66. The maximum absolute atomic E-state index is 11.9. The molecule has 3 N–H and O–H groups in total. The zero-order valence-corrected chi connectivity index (χ0v) is 14.5. The monoisotopic (exact) mass is 363 g/mol. The van der Waals surface area contributed by atoms with Crippen molar-refractivity contribution < 1.29 is 19.4 Å². The molecule has 3 rings (SSSR count). The van der Waals surface area contributed by atoms with Gasteiger partial charge in [0.1, 0.15) is 11.5 Å². The summed E-state index contributed by atoms with van der Waals surface area (Å²) in [5, 5.41) is 18.0. The number of nitrogens with one attached hydrogen (secondary N) is 2. The Bertz CT molecular complexity index is 1010. The van der Waals surface area contributed by atoms with E-state index in [4.69, 9.17) is 4.74 Å². The standard InChI is InChI=1S/C20H17N3O4/c1-27-15-9-7-14(8-10-15)22-19(25)20(26)23-21-12-17-16-5-3-2-4-13(16)6-11-18(17)24/h2-12,24H,1H3,(H,22,25)(H,23,26)/b21-12-. The minimum atomic E-state index is -0.929. The van der Waals surface area contributed by atoms with Crippen molar-refractivity contribution in [1.29, 1.82) is 0 Å². The van der Waals surface area contributed by atoms with Gasteiger partial charge in [0.2, 0.25) is 0 Å². The summed E-state index contributed by atoms with van der Waals surface area (Å²) in [6.45, 7) is 0. The first kappa shape index (κ1) is 17.9. The molecule has 0 aliphatic heterocycles. The minimum absolute atomic E-state index is 0.0226. The molecule has 0 aromatic heterocycles. The Kier molecular flexibility index (Phi) is 5.32. The number of hydrogen-bond acceptors (Lipinski definition) is 5. The molecule has 0 saturated carbocycles. The van der Waals surface area contributed by atoms with Crippen molar-refractivity contribution in [3.63, 3.8) is 0 Å². The molecule has 0 radical (unpaired) electrons. The number of carbonyl (C=O) groups excluding carboxylic acids is 2. The molecule has 0 atom stereocenters. The van der Waals surface area contributed by atoms with Gasteiger partial charge in [0.25, 0.3) is 0 Å². The van der Waals surface area contributed by atoms with Crippen molar-refractivity contribution >= 4 is 34.5 Å². The van der Waals surface area contributed by atoms with Gasteiger partial charge >= 0.3 is 11.8 Å². The van der Waals surface area contributed by atoms with E-state index >= 15 is 0 Å². The lowest BCUT2D eigenvalue weighted by atomic mass is 10.0. The molecule has 0 fully saturated rings. The molecule has 7 heteroatoms. The predicted molar refractivity (Wildman–Crippen MR) is 103 cm³/mol. The Hall–Kier alpha value is -3.87. The van der Waals surface area contributed by atoms with E-state index in [1.165, 1.54) is 13.3 Å². The fourth-order valence-corrected chi connectivity index (χ4v) is 2.49. The molecule has 0 heterocycles. The highest BCUT2D eigenvalue weighted by molar-refractivity contribution is 6.39. The van der Waals surface area contributed by atoms with E-state index in [-0.39, 0.29) is 5.75 Å². The van der Waals surface area contributed by atoms with Crippen LogP contribution in [0.4, 0.5) is 5.69 Å². The summed E-state index contributed by atoms with van der Waals surface area (Å²) >= 11 is 0. The van der Waals surface area contributed by atoms with Gasteiger partial charge in [0.05, 0.1) is 13.3 Å². The quantitative estimate of drug-likeness (QED) is 0.377. The number of methoxy groups -OCH3 is 1. The second-order valence-electron chi connectivity index (χ2n) is 5.60. The lowest BCUT2D eigenvalue weighted by Crippen LogP contribution is -2.32. The van der Waals surface area contributed by atoms with Crippen LogP contribution in [-0.4, -0.2) is 30.2 Å². The predicted octanol–water partition coefficient (Wildman–Crippen LogP) is 2.64. The maximum Gasteiger partial charge on any atom is 0.329 e. The van der Waals surface area contributed by atoms with Gasteiger partial charge in [-0.15, -0.1) is 0 Å². The summed E-state index contributed by atoms with van der Waals surface area (Å²) in [6, 6.07) is 17.3. The molecule has 3 aromatic rings. The lowest BCUT2D eigenvalue weighted by Gasteiger charge is -2.06. The van der Waals surface area contributed by atoms with Gasteiger partial charge in [-0.25, -0.2) is 5.43 Å². The number of fused-ring (bicyclic) bond motifs is 1. The van der Waals surface area contributed by atoms with Crippen LogP contribution in [0.15, 0.2) is 65.8 Å². The van der Waals surface area contributed by atoms with Gasteiger partial charge in [-0.2, -0.15) is 5.10 Å². The Morgan fingerprint density at radius 3 is 2.48 bits per heavy atom. The number of aromatic hydroxyl groups is 1. The summed E-state index contributed by atoms with van der Waals surface area (Å²) in [5.74, 6) is -1.13. The molecule has 0 spiro atoms. The second kappa shape index (κ2) is 8.01. The van der Waals surface area contributed by atoms with Gasteiger partial charge in [-0.3, -0.25) is 9.59 Å². The summed E-state index contributed by atoms with van der Waals surface area (Å²) in [5.41, 5.74) is 3.05.